The summed E-state index contributed by atoms with van der Waals surface area (Å²) in [6, 6.07) is 9.84. The van der Waals surface area contributed by atoms with E-state index in [9.17, 15) is 4.79 Å². The quantitative estimate of drug-likeness (QED) is 0.288. The molecule has 1 aliphatic heterocycles. The van der Waals surface area contributed by atoms with Gasteiger partial charge in [0, 0.05) is 38.4 Å². The Kier molecular flexibility index (Phi) is 6.37. The van der Waals surface area contributed by atoms with Gasteiger partial charge in [0.2, 0.25) is 0 Å². The van der Waals surface area contributed by atoms with E-state index in [0.717, 1.165) is 43.3 Å². The molecule has 0 fully saturated rings. The van der Waals surface area contributed by atoms with Crippen molar-refractivity contribution in [3.8, 4) is 16.1 Å². The van der Waals surface area contributed by atoms with Gasteiger partial charge in [-0.2, -0.15) is 0 Å². The first-order valence-electron chi connectivity index (χ1n) is 11.3. The molecule has 1 atom stereocenters. The normalized spacial score (nSPS) is 14.7. The molecular formula is C26H24BrN5O2S. The fraction of sp³-hybridized carbons (Fsp3) is 0.269. The Labute approximate surface area is 216 Å². The summed E-state index contributed by atoms with van der Waals surface area (Å²) in [5, 5.41) is 9.78. The van der Waals surface area contributed by atoms with Crippen LogP contribution in [0.4, 0.5) is 0 Å². The molecule has 0 aliphatic carbocycles. The topological polar surface area (TPSA) is 82.3 Å². The smallest absolute Gasteiger partial charge is 0.308 e. The minimum atomic E-state index is -0.501. The van der Waals surface area contributed by atoms with Gasteiger partial charge in [0.15, 0.2) is 5.82 Å². The molecule has 0 spiro atoms. The van der Waals surface area contributed by atoms with Crippen LogP contribution in [0.5, 0.6) is 0 Å². The third kappa shape index (κ3) is 4.34. The molecule has 0 N–H and O–H groups in total. The van der Waals surface area contributed by atoms with Crippen LogP contribution < -0.4 is 0 Å². The van der Waals surface area contributed by atoms with E-state index in [4.69, 9.17) is 9.73 Å². The number of nitrogens with zero attached hydrogens (tertiary/aromatic N) is 5. The zero-order chi connectivity index (χ0) is 24.7. The molecule has 0 radical (unpaired) electrons. The van der Waals surface area contributed by atoms with E-state index in [2.05, 4.69) is 69.2 Å². The van der Waals surface area contributed by atoms with E-state index in [1.54, 1.807) is 24.5 Å². The van der Waals surface area contributed by atoms with E-state index < -0.39 is 6.04 Å². The number of thiophene rings is 1. The van der Waals surface area contributed by atoms with Crippen LogP contribution in [0.3, 0.4) is 0 Å². The maximum atomic E-state index is 12.5. The van der Waals surface area contributed by atoms with Crippen LogP contribution in [0.25, 0.3) is 16.1 Å². The molecule has 35 heavy (non-hydrogen) atoms. The summed E-state index contributed by atoms with van der Waals surface area (Å²) in [5.74, 6) is 1.12. The first-order valence-corrected chi connectivity index (χ1v) is 13.0. The molecule has 7 nitrogen and oxygen atoms in total. The molecule has 0 saturated carbocycles. The Balaban J connectivity index is 1.66. The van der Waals surface area contributed by atoms with Crippen molar-refractivity contribution in [3.63, 3.8) is 0 Å². The van der Waals surface area contributed by atoms with Gasteiger partial charge in [-0.3, -0.25) is 19.3 Å². The third-order valence-corrected chi connectivity index (χ3v) is 7.73. The summed E-state index contributed by atoms with van der Waals surface area (Å²) in [7, 11) is 0. The average Bonchev–Trinajstić information content (AvgIpc) is 3.31. The standard InChI is InChI=1S/C26H24BrN5O2S/c1-5-34-22(33)11-21-25-31-30-16(4)32(25)26-23(14(2)15(3)35-26)24(29-21)18-8-6-17(7-9-18)19-10-20(27)13-28-12-19/h6-10,12-13,21H,5,11H2,1-4H3/t21-/m0/s1. The SMILES string of the molecule is CCOC(=O)C[C@@H]1N=C(c2ccc(-c3cncc(Br)c3)cc2)c2c(sc(C)c2C)-n2c(C)nnc21. The Bertz CT molecular complexity index is 1460. The fourth-order valence-electron chi connectivity index (χ4n) is 4.29. The average molecular weight is 550 g/mol. The summed E-state index contributed by atoms with van der Waals surface area (Å²) in [5.41, 5.74) is 6.13. The van der Waals surface area contributed by atoms with Gasteiger partial charge in [-0.1, -0.05) is 24.3 Å². The largest absolute Gasteiger partial charge is 0.466 e. The lowest BCUT2D eigenvalue weighted by atomic mass is 9.97. The number of benzene rings is 1. The molecule has 178 valence electrons. The number of carbonyl (C=O) groups excluding carboxylic acids is 1. The number of aromatic nitrogens is 4. The predicted octanol–water partition coefficient (Wildman–Crippen LogP) is 5.92. The van der Waals surface area contributed by atoms with Gasteiger partial charge in [0.05, 0.1) is 18.7 Å². The number of ether oxygens (including phenoxy) is 1. The van der Waals surface area contributed by atoms with Crippen LogP contribution >= 0.6 is 27.3 Å². The van der Waals surface area contributed by atoms with Crippen LogP contribution in [0, 0.1) is 20.8 Å². The highest BCUT2D eigenvalue weighted by Gasteiger charge is 2.32. The molecule has 5 rings (SSSR count). The summed E-state index contributed by atoms with van der Waals surface area (Å²) >= 11 is 5.19. The number of halogens is 1. The number of pyridine rings is 1. The van der Waals surface area contributed by atoms with Gasteiger partial charge in [-0.05, 0) is 60.8 Å². The minimum absolute atomic E-state index is 0.101. The number of hydrogen-bond acceptors (Lipinski definition) is 7. The van der Waals surface area contributed by atoms with Crippen LogP contribution in [0.1, 0.15) is 52.6 Å². The lowest BCUT2D eigenvalue weighted by molar-refractivity contribution is -0.143. The van der Waals surface area contributed by atoms with Crippen LogP contribution in [0.2, 0.25) is 0 Å². The first kappa shape index (κ1) is 23.6. The minimum Gasteiger partial charge on any atom is -0.466 e. The van der Waals surface area contributed by atoms with Crippen molar-refractivity contribution in [3.05, 3.63) is 80.4 Å². The molecule has 1 aromatic carbocycles. The lowest BCUT2D eigenvalue weighted by Crippen LogP contribution is -2.13. The highest BCUT2D eigenvalue weighted by atomic mass is 79.9. The maximum absolute atomic E-state index is 12.5. The summed E-state index contributed by atoms with van der Waals surface area (Å²) < 4.78 is 8.23. The Morgan fingerprint density at radius 1 is 1.09 bits per heavy atom. The Morgan fingerprint density at radius 2 is 1.83 bits per heavy atom. The zero-order valence-corrected chi connectivity index (χ0v) is 22.3. The number of rotatable bonds is 5. The van der Waals surface area contributed by atoms with E-state index in [1.807, 2.05) is 23.8 Å². The Morgan fingerprint density at radius 3 is 2.54 bits per heavy atom. The van der Waals surface area contributed by atoms with Crippen LogP contribution in [-0.4, -0.2) is 38.0 Å². The molecule has 4 aromatic rings. The molecule has 0 saturated heterocycles. The monoisotopic (exact) mass is 549 g/mol. The fourth-order valence-corrected chi connectivity index (χ4v) is 5.87. The molecule has 9 heteroatoms. The molecule has 4 heterocycles. The highest BCUT2D eigenvalue weighted by Crippen LogP contribution is 2.39. The van der Waals surface area contributed by atoms with Crippen molar-refractivity contribution in [1.82, 2.24) is 19.7 Å². The second-order valence-electron chi connectivity index (χ2n) is 8.38. The Hall–Kier alpha value is -3.17. The summed E-state index contributed by atoms with van der Waals surface area (Å²) in [4.78, 5) is 23.1. The molecular weight excluding hydrogens is 526 g/mol. The van der Waals surface area contributed by atoms with Gasteiger partial charge < -0.3 is 4.74 Å². The molecule has 0 unspecified atom stereocenters. The zero-order valence-electron chi connectivity index (χ0n) is 19.9. The number of carbonyl (C=O) groups is 1. The summed E-state index contributed by atoms with van der Waals surface area (Å²) in [6.07, 6.45) is 3.72. The predicted molar refractivity (Wildman–Crippen MR) is 140 cm³/mol. The van der Waals surface area contributed by atoms with Gasteiger partial charge in [-0.15, -0.1) is 21.5 Å². The van der Waals surface area contributed by atoms with E-state index in [-0.39, 0.29) is 12.4 Å². The van der Waals surface area contributed by atoms with Crippen LogP contribution in [0.15, 0.2) is 52.2 Å². The van der Waals surface area contributed by atoms with Crippen molar-refractivity contribution >= 4 is 38.9 Å². The van der Waals surface area contributed by atoms with E-state index in [0.29, 0.717) is 12.4 Å². The van der Waals surface area contributed by atoms with Gasteiger partial charge in [-0.25, -0.2) is 0 Å². The van der Waals surface area contributed by atoms with Crippen molar-refractivity contribution in [2.75, 3.05) is 6.61 Å². The van der Waals surface area contributed by atoms with Crippen molar-refractivity contribution < 1.29 is 9.53 Å². The number of esters is 1. The van der Waals surface area contributed by atoms with Crippen LogP contribution in [-0.2, 0) is 9.53 Å². The highest BCUT2D eigenvalue weighted by molar-refractivity contribution is 9.10. The first-order chi connectivity index (χ1) is 16.9. The molecule has 0 bridgehead atoms. The van der Waals surface area contributed by atoms with Crippen molar-refractivity contribution in [2.45, 2.75) is 40.2 Å². The van der Waals surface area contributed by atoms with E-state index >= 15 is 0 Å². The lowest BCUT2D eigenvalue weighted by Gasteiger charge is -2.12. The molecule has 0 amide bonds. The number of aliphatic imine (C=N–C) groups is 1. The molecule has 1 aliphatic rings. The van der Waals surface area contributed by atoms with Gasteiger partial charge in [0.1, 0.15) is 16.9 Å². The van der Waals surface area contributed by atoms with Gasteiger partial charge >= 0.3 is 5.97 Å². The van der Waals surface area contributed by atoms with E-state index in [1.165, 1.54) is 10.4 Å². The number of fused-ring (bicyclic) bond motifs is 3. The van der Waals surface area contributed by atoms with Crippen molar-refractivity contribution in [1.29, 1.82) is 0 Å². The second kappa shape index (κ2) is 9.47. The van der Waals surface area contributed by atoms with Crippen molar-refractivity contribution in [2.24, 2.45) is 4.99 Å². The number of aryl methyl sites for hydroxylation is 2. The number of hydrogen-bond donors (Lipinski definition) is 0. The second-order valence-corrected chi connectivity index (χ2v) is 10.5. The maximum Gasteiger partial charge on any atom is 0.308 e. The van der Waals surface area contributed by atoms with Gasteiger partial charge in [0.25, 0.3) is 0 Å². The third-order valence-electron chi connectivity index (χ3n) is 6.10. The molecule has 3 aromatic heterocycles. The summed E-state index contributed by atoms with van der Waals surface area (Å²) in [6.45, 7) is 8.29.